The van der Waals surface area contributed by atoms with Crippen molar-refractivity contribution in [1.82, 2.24) is 15.5 Å². The summed E-state index contributed by atoms with van der Waals surface area (Å²) in [5.74, 6) is 1.15. The van der Waals surface area contributed by atoms with Crippen molar-refractivity contribution in [2.45, 2.75) is 70.9 Å². The van der Waals surface area contributed by atoms with Gasteiger partial charge < -0.3 is 20.7 Å². The lowest BCUT2D eigenvalue weighted by molar-refractivity contribution is 0.0667. The van der Waals surface area contributed by atoms with Gasteiger partial charge in [0.25, 0.3) is 0 Å². The average Bonchev–Trinajstić information content (AvgIpc) is 2.67. The van der Waals surface area contributed by atoms with Crippen LogP contribution in [0.5, 0.6) is 0 Å². The van der Waals surface area contributed by atoms with Gasteiger partial charge >= 0.3 is 0 Å². The Balaban J connectivity index is 1.66. The molecule has 170 valence electrons. The number of nitrogens with one attached hydrogen (secondary N) is 2. The summed E-state index contributed by atoms with van der Waals surface area (Å²) in [6.45, 7) is 14.1. The van der Waals surface area contributed by atoms with Crippen LogP contribution in [0.15, 0.2) is 34.3 Å². The zero-order chi connectivity index (χ0) is 22.2. The van der Waals surface area contributed by atoms with Gasteiger partial charge in [-0.05, 0) is 59.6 Å². The predicted octanol–water partition coefficient (Wildman–Crippen LogP) is 2.00. The van der Waals surface area contributed by atoms with Gasteiger partial charge in [-0.2, -0.15) is 4.99 Å². The van der Waals surface area contributed by atoms with E-state index in [-0.39, 0.29) is 17.4 Å². The quantitative estimate of drug-likeness (QED) is 0.684. The molecule has 8 nitrogen and oxygen atoms in total. The molecule has 1 atom stereocenters. The van der Waals surface area contributed by atoms with E-state index in [0.29, 0.717) is 25.2 Å². The maximum Gasteiger partial charge on any atom is 0.221 e. The second-order valence-electron chi connectivity index (χ2n) is 10.2. The average molecular weight is 428 g/mol. The number of aryl methyl sites for hydroxylation is 1. The Hall–Kier alpha value is -2.16. The number of benzene rings is 1. The summed E-state index contributed by atoms with van der Waals surface area (Å²) < 4.78 is 5.57. The molecule has 2 saturated heterocycles. The lowest BCUT2D eigenvalue weighted by Crippen LogP contribution is -2.65. The normalized spacial score (nSPS) is 26.4. The number of nitrogens with two attached hydrogens (primary N) is 1. The number of morpholine rings is 1. The summed E-state index contributed by atoms with van der Waals surface area (Å²) in [6.07, 6.45) is 1.70. The Morgan fingerprint density at radius 1 is 1.06 bits per heavy atom. The summed E-state index contributed by atoms with van der Waals surface area (Å²) in [6, 6.07) is 8.81. The molecule has 0 radical (unpaired) electrons. The van der Waals surface area contributed by atoms with Crippen LogP contribution < -0.4 is 21.3 Å². The minimum atomic E-state index is -0.312. The van der Waals surface area contributed by atoms with E-state index in [1.165, 1.54) is 5.56 Å². The number of anilines is 1. The minimum absolute atomic E-state index is 0.0408. The number of guanidine groups is 2. The van der Waals surface area contributed by atoms with Gasteiger partial charge in [0.15, 0.2) is 6.29 Å². The van der Waals surface area contributed by atoms with E-state index in [4.69, 9.17) is 15.5 Å². The fourth-order valence-electron chi connectivity index (χ4n) is 5.19. The standard InChI is InChI=1S/C23H37N7O/c1-16-6-8-18(9-7-16)30-20(25-17-14-22(2,3)28-23(4,5)15-17)26-19(24)27-21(30)29-10-12-31-13-11-29/h6-9,17,20,25,28H,10-15H2,1-5H3,(H2,24,26). The van der Waals surface area contributed by atoms with Gasteiger partial charge in [0.2, 0.25) is 11.9 Å². The van der Waals surface area contributed by atoms with Crippen molar-refractivity contribution in [2.75, 3.05) is 31.2 Å². The molecule has 0 saturated carbocycles. The molecule has 3 aliphatic rings. The number of rotatable bonds is 3. The van der Waals surface area contributed by atoms with E-state index in [9.17, 15) is 0 Å². The Morgan fingerprint density at radius 2 is 1.68 bits per heavy atom. The third-order valence-electron chi connectivity index (χ3n) is 6.11. The molecule has 0 amide bonds. The van der Waals surface area contributed by atoms with Crippen LogP contribution >= 0.6 is 0 Å². The van der Waals surface area contributed by atoms with Gasteiger partial charge in [0, 0.05) is 35.9 Å². The van der Waals surface area contributed by atoms with Crippen molar-refractivity contribution < 1.29 is 4.74 Å². The molecule has 4 rings (SSSR count). The number of nitrogens with zero attached hydrogens (tertiary/aromatic N) is 4. The molecule has 4 N–H and O–H groups in total. The van der Waals surface area contributed by atoms with Crippen LogP contribution in [0.4, 0.5) is 5.69 Å². The van der Waals surface area contributed by atoms with E-state index in [2.05, 4.69) is 84.3 Å². The van der Waals surface area contributed by atoms with Crippen molar-refractivity contribution in [3.05, 3.63) is 29.8 Å². The summed E-state index contributed by atoms with van der Waals surface area (Å²) in [5.41, 5.74) is 8.58. The highest BCUT2D eigenvalue weighted by Crippen LogP contribution is 2.30. The summed E-state index contributed by atoms with van der Waals surface area (Å²) >= 11 is 0. The van der Waals surface area contributed by atoms with Gasteiger partial charge in [0.1, 0.15) is 0 Å². The van der Waals surface area contributed by atoms with Gasteiger partial charge in [-0.25, -0.2) is 4.99 Å². The maximum absolute atomic E-state index is 6.22. The number of hydrogen-bond donors (Lipinski definition) is 3. The molecule has 2 fully saturated rings. The highest BCUT2D eigenvalue weighted by molar-refractivity contribution is 6.05. The molecule has 0 bridgehead atoms. The van der Waals surface area contributed by atoms with Crippen LogP contribution in [0.2, 0.25) is 0 Å². The van der Waals surface area contributed by atoms with E-state index in [1.54, 1.807) is 0 Å². The topological polar surface area (TPSA) is 90.5 Å². The van der Waals surface area contributed by atoms with Crippen LogP contribution in [-0.2, 0) is 4.74 Å². The lowest BCUT2D eigenvalue weighted by atomic mass is 9.79. The highest BCUT2D eigenvalue weighted by Gasteiger charge is 2.40. The van der Waals surface area contributed by atoms with Crippen molar-refractivity contribution in [2.24, 2.45) is 15.7 Å². The zero-order valence-corrected chi connectivity index (χ0v) is 19.5. The largest absolute Gasteiger partial charge is 0.378 e. The SMILES string of the molecule is Cc1ccc(N2C(N3CCOCC3)=NC(N)=NC2NC2CC(C)(C)NC(C)(C)C2)cc1. The fourth-order valence-corrected chi connectivity index (χ4v) is 5.19. The minimum Gasteiger partial charge on any atom is -0.378 e. The maximum atomic E-state index is 6.22. The predicted molar refractivity (Wildman–Crippen MR) is 126 cm³/mol. The Kier molecular flexibility index (Phi) is 5.98. The van der Waals surface area contributed by atoms with E-state index in [0.717, 1.165) is 37.6 Å². The van der Waals surface area contributed by atoms with Crippen LogP contribution in [0.1, 0.15) is 46.1 Å². The summed E-state index contributed by atoms with van der Waals surface area (Å²) in [5, 5.41) is 7.57. The van der Waals surface area contributed by atoms with Gasteiger partial charge in [-0.1, -0.05) is 17.7 Å². The summed E-state index contributed by atoms with van der Waals surface area (Å²) in [7, 11) is 0. The molecule has 0 spiro atoms. The molecule has 31 heavy (non-hydrogen) atoms. The Labute approximate surface area is 185 Å². The Morgan fingerprint density at radius 3 is 2.29 bits per heavy atom. The fraction of sp³-hybridized carbons (Fsp3) is 0.652. The second kappa shape index (κ2) is 8.41. The molecule has 1 aromatic carbocycles. The van der Waals surface area contributed by atoms with Crippen molar-refractivity contribution in [1.29, 1.82) is 0 Å². The van der Waals surface area contributed by atoms with Crippen molar-refractivity contribution in [3.8, 4) is 0 Å². The molecular formula is C23H37N7O. The van der Waals surface area contributed by atoms with Crippen molar-refractivity contribution >= 4 is 17.6 Å². The molecule has 3 aliphatic heterocycles. The van der Waals surface area contributed by atoms with E-state index >= 15 is 0 Å². The zero-order valence-electron chi connectivity index (χ0n) is 19.5. The smallest absolute Gasteiger partial charge is 0.221 e. The van der Waals surface area contributed by atoms with Crippen molar-refractivity contribution in [3.63, 3.8) is 0 Å². The van der Waals surface area contributed by atoms with Gasteiger partial charge in [-0.3, -0.25) is 10.2 Å². The highest BCUT2D eigenvalue weighted by atomic mass is 16.5. The van der Waals surface area contributed by atoms with E-state index < -0.39 is 0 Å². The number of hydrogen-bond acceptors (Lipinski definition) is 8. The molecule has 0 aromatic heterocycles. The molecular weight excluding hydrogens is 390 g/mol. The van der Waals surface area contributed by atoms with Gasteiger partial charge in [0.05, 0.1) is 13.2 Å². The van der Waals surface area contributed by atoms with Crippen LogP contribution in [0.3, 0.4) is 0 Å². The number of piperidine rings is 1. The molecule has 0 aliphatic carbocycles. The Bertz CT molecular complexity index is 824. The van der Waals surface area contributed by atoms with E-state index in [1.807, 2.05) is 0 Å². The molecule has 8 heteroatoms. The van der Waals surface area contributed by atoms with Gasteiger partial charge in [-0.15, -0.1) is 0 Å². The third-order valence-corrected chi connectivity index (χ3v) is 6.11. The van der Waals surface area contributed by atoms with Crippen LogP contribution in [-0.4, -0.2) is 66.5 Å². The molecule has 3 heterocycles. The summed E-state index contributed by atoms with van der Waals surface area (Å²) in [4.78, 5) is 13.8. The monoisotopic (exact) mass is 427 g/mol. The first kappa shape index (κ1) is 22.0. The van der Waals surface area contributed by atoms with Crippen LogP contribution in [0, 0.1) is 6.92 Å². The number of aliphatic imine (C=N–C) groups is 2. The molecule has 1 unspecified atom stereocenters. The second-order valence-corrected chi connectivity index (χ2v) is 10.2. The number of ether oxygens (including phenoxy) is 1. The lowest BCUT2D eigenvalue weighted by Gasteiger charge is -2.48. The first-order chi connectivity index (χ1) is 14.6. The first-order valence-corrected chi connectivity index (χ1v) is 11.3. The first-order valence-electron chi connectivity index (χ1n) is 11.3. The third kappa shape index (κ3) is 5.19. The molecule has 1 aromatic rings. The van der Waals surface area contributed by atoms with Crippen LogP contribution in [0.25, 0.3) is 0 Å².